The highest BCUT2D eigenvalue weighted by Crippen LogP contribution is 1.99. The maximum atomic E-state index is 5.62. The lowest BCUT2D eigenvalue weighted by Gasteiger charge is -1.96. The third-order valence-corrected chi connectivity index (χ3v) is 1.83. The number of benzene rings is 1. The van der Waals surface area contributed by atoms with Crippen molar-refractivity contribution in [3.8, 4) is 0 Å². The van der Waals surface area contributed by atoms with E-state index in [9.17, 15) is 0 Å². The average Bonchev–Trinajstić information content (AvgIpc) is 1.88. The number of aryl methyl sites for hydroxylation is 1. The van der Waals surface area contributed by atoms with Gasteiger partial charge in [-0.3, -0.25) is 0 Å². The third kappa shape index (κ3) is 1.93. The SMILES string of the molecule is Cc1ccc(B(Cl)Cl)cc1. The molecule has 0 radical (unpaired) electrons. The fourth-order valence-corrected chi connectivity index (χ4v) is 1.00. The summed E-state index contributed by atoms with van der Waals surface area (Å²) in [4.78, 5) is 0. The van der Waals surface area contributed by atoms with Gasteiger partial charge in [0.1, 0.15) is 0 Å². The van der Waals surface area contributed by atoms with Crippen LogP contribution in [-0.2, 0) is 0 Å². The lowest BCUT2D eigenvalue weighted by molar-refractivity contribution is 1.49. The molecule has 10 heavy (non-hydrogen) atoms. The Labute approximate surface area is 71.1 Å². The zero-order chi connectivity index (χ0) is 7.56. The van der Waals surface area contributed by atoms with Crippen LogP contribution in [-0.4, -0.2) is 5.54 Å². The molecular weight excluding hydrogens is 166 g/mol. The molecule has 0 heterocycles. The van der Waals surface area contributed by atoms with Crippen molar-refractivity contribution in [2.45, 2.75) is 6.92 Å². The molecule has 0 atom stereocenters. The van der Waals surface area contributed by atoms with Crippen LogP contribution in [0.5, 0.6) is 0 Å². The summed E-state index contributed by atoms with van der Waals surface area (Å²) in [6.45, 7) is 2.03. The van der Waals surface area contributed by atoms with E-state index in [-0.39, 0.29) is 0 Å². The monoisotopic (exact) mass is 172 g/mol. The molecular formula is C7H7BCl2. The van der Waals surface area contributed by atoms with Crippen molar-refractivity contribution in [2.75, 3.05) is 0 Å². The molecule has 0 saturated carbocycles. The minimum atomic E-state index is -0.402. The van der Waals surface area contributed by atoms with Crippen molar-refractivity contribution in [3.05, 3.63) is 29.8 Å². The minimum Gasteiger partial charge on any atom is -0.165 e. The largest absolute Gasteiger partial charge is 0.382 e. The van der Waals surface area contributed by atoms with Crippen LogP contribution in [0.25, 0.3) is 0 Å². The van der Waals surface area contributed by atoms with Crippen LogP contribution in [0.15, 0.2) is 24.3 Å². The van der Waals surface area contributed by atoms with Gasteiger partial charge in [-0.15, -0.1) is 0 Å². The standard InChI is InChI=1S/C7H7BCl2/c1-6-2-4-7(5-3-6)8(9)10/h2-5H,1H3. The summed E-state index contributed by atoms with van der Waals surface area (Å²) in [6, 6.07) is 7.85. The topological polar surface area (TPSA) is 0 Å². The van der Waals surface area contributed by atoms with Crippen molar-refractivity contribution in [3.63, 3.8) is 0 Å². The van der Waals surface area contributed by atoms with E-state index in [0.29, 0.717) is 0 Å². The van der Waals surface area contributed by atoms with Gasteiger partial charge in [0.2, 0.25) is 0 Å². The second-order valence-electron chi connectivity index (χ2n) is 2.21. The van der Waals surface area contributed by atoms with E-state index in [2.05, 4.69) is 0 Å². The highest BCUT2D eigenvalue weighted by Gasteiger charge is 2.07. The Morgan fingerprint density at radius 1 is 1.10 bits per heavy atom. The Bertz CT molecular complexity index is 205. The van der Waals surface area contributed by atoms with Crippen molar-refractivity contribution < 1.29 is 0 Å². The quantitative estimate of drug-likeness (QED) is 0.570. The van der Waals surface area contributed by atoms with E-state index in [4.69, 9.17) is 22.9 Å². The average molecular weight is 173 g/mol. The maximum Gasteiger partial charge on any atom is 0.382 e. The van der Waals surface area contributed by atoms with E-state index in [1.165, 1.54) is 5.56 Å². The molecule has 0 saturated heterocycles. The smallest absolute Gasteiger partial charge is 0.165 e. The molecule has 0 nitrogen and oxygen atoms in total. The maximum absolute atomic E-state index is 5.62. The molecule has 0 N–H and O–H groups in total. The van der Waals surface area contributed by atoms with Gasteiger partial charge in [0, 0.05) is 0 Å². The molecule has 0 spiro atoms. The zero-order valence-electron chi connectivity index (χ0n) is 5.64. The van der Waals surface area contributed by atoms with Gasteiger partial charge in [0.05, 0.1) is 0 Å². The Morgan fingerprint density at radius 3 is 2.00 bits per heavy atom. The third-order valence-electron chi connectivity index (χ3n) is 1.33. The van der Waals surface area contributed by atoms with Gasteiger partial charge < -0.3 is 0 Å². The van der Waals surface area contributed by atoms with Crippen LogP contribution < -0.4 is 5.46 Å². The summed E-state index contributed by atoms with van der Waals surface area (Å²) in [7, 11) is 0. The minimum absolute atomic E-state index is 0.402. The first-order valence-electron chi connectivity index (χ1n) is 3.05. The molecule has 3 heteroatoms. The van der Waals surface area contributed by atoms with E-state index in [1.807, 2.05) is 31.2 Å². The van der Waals surface area contributed by atoms with Gasteiger partial charge in [-0.25, -0.2) is 0 Å². The van der Waals surface area contributed by atoms with Gasteiger partial charge in [-0.1, -0.05) is 29.8 Å². The van der Waals surface area contributed by atoms with Gasteiger partial charge in [-0.05, 0) is 12.4 Å². The lowest BCUT2D eigenvalue weighted by Crippen LogP contribution is -2.16. The molecule has 1 rings (SSSR count). The summed E-state index contributed by atoms with van der Waals surface area (Å²) < 4.78 is 0. The molecule has 0 aliphatic carbocycles. The van der Waals surface area contributed by atoms with Gasteiger partial charge in [0.15, 0.2) is 0 Å². The summed E-state index contributed by atoms with van der Waals surface area (Å²) in [5, 5.41) is 0. The first-order valence-corrected chi connectivity index (χ1v) is 3.92. The molecule has 0 aliphatic rings. The van der Waals surface area contributed by atoms with Crippen molar-refractivity contribution >= 4 is 33.9 Å². The molecule has 0 aromatic heterocycles. The van der Waals surface area contributed by atoms with Crippen LogP contribution in [0.2, 0.25) is 0 Å². The molecule has 0 bridgehead atoms. The van der Waals surface area contributed by atoms with Crippen molar-refractivity contribution in [1.29, 1.82) is 0 Å². The Morgan fingerprint density at radius 2 is 1.60 bits per heavy atom. The molecule has 0 aliphatic heterocycles. The fourth-order valence-electron chi connectivity index (χ4n) is 0.712. The van der Waals surface area contributed by atoms with Crippen LogP contribution in [0, 0.1) is 6.92 Å². The predicted molar refractivity (Wildman–Crippen MR) is 48.3 cm³/mol. The molecule has 1 aromatic carbocycles. The van der Waals surface area contributed by atoms with Gasteiger partial charge in [0.25, 0.3) is 0 Å². The molecule has 52 valence electrons. The number of hydrogen-bond acceptors (Lipinski definition) is 0. The Balaban J connectivity index is 2.89. The summed E-state index contributed by atoms with van der Waals surface area (Å²) in [5.41, 5.74) is 1.77. The normalized spacial score (nSPS) is 9.50. The first-order chi connectivity index (χ1) is 4.70. The number of rotatable bonds is 1. The Hall–Kier alpha value is -0.135. The van der Waals surface area contributed by atoms with Gasteiger partial charge >= 0.3 is 5.54 Å². The number of hydrogen-bond donors (Lipinski definition) is 0. The van der Waals surface area contributed by atoms with E-state index in [0.717, 1.165) is 5.46 Å². The lowest BCUT2D eigenvalue weighted by atomic mass is 9.92. The second kappa shape index (κ2) is 3.31. The summed E-state index contributed by atoms with van der Waals surface area (Å²) in [6.07, 6.45) is 0. The molecule has 0 fully saturated rings. The van der Waals surface area contributed by atoms with Crippen molar-refractivity contribution in [2.24, 2.45) is 0 Å². The van der Waals surface area contributed by atoms with E-state index >= 15 is 0 Å². The fraction of sp³-hybridized carbons (Fsp3) is 0.143. The van der Waals surface area contributed by atoms with Crippen LogP contribution >= 0.6 is 22.9 Å². The highest BCUT2D eigenvalue weighted by molar-refractivity contribution is 7.39. The summed E-state index contributed by atoms with van der Waals surface area (Å²) >= 11 is 11.2. The Kier molecular flexibility index (Phi) is 2.64. The van der Waals surface area contributed by atoms with E-state index < -0.39 is 5.54 Å². The van der Waals surface area contributed by atoms with Crippen LogP contribution in [0.3, 0.4) is 0 Å². The molecule has 0 amide bonds. The van der Waals surface area contributed by atoms with Crippen LogP contribution in [0.1, 0.15) is 5.56 Å². The second-order valence-corrected chi connectivity index (χ2v) is 3.31. The summed E-state index contributed by atoms with van der Waals surface area (Å²) in [5.74, 6) is 0. The first kappa shape index (κ1) is 7.97. The number of halogens is 2. The highest BCUT2D eigenvalue weighted by atomic mass is 35.5. The van der Waals surface area contributed by atoms with E-state index in [1.54, 1.807) is 0 Å². The van der Waals surface area contributed by atoms with Crippen molar-refractivity contribution in [1.82, 2.24) is 0 Å². The molecule has 1 aromatic rings. The molecule has 0 unspecified atom stereocenters. The van der Waals surface area contributed by atoms with Crippen LogP contribution in [0.4, 0.5) is 0 Å². The predicted octanol–water partition coefficient (Wildman–Crippen LogP) is 2.17. The van der Waals surface area contributed by atoms with Gasteiger partial charge in [-0.2, -0.15) is 22.9 Å². The zero-order valence-corrected chi connectivity index (χ0v) is 7.15.